The van der Waals surface area contributed by atoms with E-state index in [0.717, 1.165) is 39.6 Å². The van der Waals surface area contributed by atoms with Crippen LogP contribution in [0, 0.1) is 5.82 Å². The van der Waals surface area contributed by atoms with Crippen LogP contribution in [0.4, 0.5) is 9.52 Å². The molecule has 3 aromatic rings. The van der Waals surface area contributed by atoms with E-state index in [0.29, 0.717) is 5.01 Å². The Labute approximate surface area is 179 Å². The summed E-state index contributed by atoms with van der Waals surface area (Å²) in [5, 5.41) is 16.4. The lowest BCUT2D eigenvalue weighted by Crippen LogP contribution is -2.18. The molecule has 1 heterocycles. The van der Waals surface area contributed by atoms with Gasteiger partial charge in [0.15, 0.2) is 0 Å². The molecule has 0 radical (unpaired) electrons. The SMILES string of the molecule is CC(C)(c1ccc(Br)cc1)c1nnc(NC(=O)c2cc(S(N)(=O)=O)ccc2F)s1. The van der Waals surface area contributed by atoms with Crippen LogP contribution in [0.5, 0.6) is 0 Å². The summed E-state index contributed by atoms with van der Waals surface area (Å²) in [7, 11) is -4.07. The molecule has 1 amide bonds. The summed E-state index contributed by atoms with van der Waals surface area (Å²) in [5.41, 5.74) is 0.0715. The second kappa shape index (κ2) is 7.90. The Morgan fingerprint density at radius 2 is 1.83 bits per heavy atom. The van der Waals surface area contributed by atoms with Gasteiger partial charge in [-0.25, -0.2) is 17.9 Å². The highest BCUT2D eigenvalue weighted by Crippen LogP contribution is 2.35. The molecule has 2 aromatic carbocycles. The molecule has 0 atom stereocenters. The molecule has 11 heteroatoms. The van der Waals surface area contributed by atoms with Crippen molar-refractivity contribution in [3.63, 3.8) is 0 Å². The maximum atomic E-state index is 14.0. The summed E-state index contributed by atoms with van der Waals surface area (Å²) in [4.78, 5) is 12.1. The molecule has 1 aromatic heterocycles. The summed E-state index contributed by atoms with van der Waals surface area (Å²) in [6.07, 6.45) is 0. The van der Waals surface area contributed by atoms with Crippen LogP contribution < -0.4 is 10.5 Å². The number of hydrogen-bond donors (Lipinski definition) is 2. The van der Waals surface area contributed by atoms with E-state index in [-0.39, 0.29) is 10.0 Å². The average Bonchev–Trinajstić information content (AvgIpc) is 3.10. The minimum atomic E-state index is -4.07. The Kier molecular flexibility index (Phi) is 5.86. The number of carbonyl (C=O) groups excluding carboxylic acids is 1. The lowest BCUT2D eigenvalue weighted by molar-refractivity contribution is 0.102. The van der Waals surface area contributed by atoms with Crippen LogP contribution in [0.15, 0.2) is 51.8 Å². The third kappa shape index (κ3) is 4.69. The van der Waals surface area contributed by atoms with Crippen molar-refractivity contribution in [2.45, 2.75) is 24.2 Å². The van der Waals surface area contributed by atoms with Gasteiger partial charge in [-0.2, -0.15) is 0 Å². The van der Waals surface area contributed by atoms with Crippen LogP contribution in [0.3, 0.4) is 0 Å². The predicted molar refractivity (Wildman–Crippen MR) is 112 cm³/mol. The number of benzene rings is 2. The second-order valence-corrected chi connectivity index (χ2v) is 10.1. The van der Waals surface area contributed by atoms with Gasteiger partial charge in [0.05, 0.1) is 10.5 Å². The van der Waals surface area contributed by atoms with Crippen molar-refractivity contribution >= 4 is 48.3 Å². The first kappa shape index (κ1) is 21.5. The fourth-order valence-electron chi connectivity index (χ4n) is 2.54. The second-order valence-electron chi connectivity index (χ2n) is 6.69. The highest BCUT2D eigenvalue weighted by Gasteiger charge is 2.28. The summed E-state index contributed by atoms with van der Waals surface area (Å²) in [6.45, 7) is 3.94. The maximum Gasteiger partial charge on any atom is 0.260 e. The van der Waals surface area contributed by atoms with Gasteiger partial charge in [0.2, 0.25) is 15.2 Å². The van der Waals surface area contributed by atoms with E-state index < -0.39 is 32.7 Å². The number of amides is 1. The van der Waals surface area contributed by atoms with Gasteiger partial charge in [0, 0.05) is 9.89 Å². The Morgan fingerprint density at radius 3 is 2.45 bits per heavy atom. The molecule has 0 bridgehead atoms. The first-order chi connectivity index (χ1) is 13.5. The van der Waals surface area contributed by atoms with Gasteiger partial charge < -0.3 is 0 Å². The highest BCUT2D eigenvalue weighted by molar-refractivity contribution is 9.10. The Morgan fingerprint density at radius 1 is 1.17 bits per heavy atom. The molecule has 3 rings (SSSR count). The number of carbonyl (C=O) groups is 1. The van der Waals surface area contributed by atoms with Crippen molar-refractivity contribution in [1.29, 1.82) is 0 Å². The zero-order chi connectivity index (χ0) is 21.4. The maximum absolute atomic E-state index is 14.0. The molecule has 3 N–H and O–H groups in total. The Hall–Kier alpha value is -2.21. The molecule has 0 aliphatic rings. The smallest absolute Gasteiger partial charge is 0.260 e. The van der Waals surface area contributed by atoms with E-state index in [2.05, 4.69) is 31.4 Å². The van der Waals surface area contributed by atoms with Crippen molar-refractivity contribution in [1.82, 2.24) is 10.2 Å². The van der Waals surface area contributed by atoms with Gasteiger partial charge in [-0.05, 0) is 49.7 Å². The van der Waals surface area contributed by atoms with E-state index in [4.69, 9.17) is 5.14 Å². The number of sulfonamides is 1. The molecule has 0 aliphatic carbocycles. The molecule has 0 spiro atoms. The van der Waals surface area contributed by atoms with Crippen LogP contribution >= 0.6 is 27.3 Å². The van der Waals surface area contributed by atoms with Gasteiger partial charge in [-0.1, -0.05) is 39.4 Å². The third-order valence-corrected chi connectivity index (χ3v) is 6.86. The number of anilines is 1. The first-order valence-electron chi connectivity index (χ1n) is 8.22. The molecule has 0 fully saturated rings. The molecule has 0 saturated heterocycles. The Bertz CT molecular complexity index is 1180. The lowest BCUT2D eigenvalue weighted by atomic mass is 9.85. The number of hydrogen-bond acceptors (Lipinski definition) is 6. The van der Waals surface area contributed by atoms with Gasteiger partial charge in [0.1, 0.15) is 10.8 Å². The van der Waals surface area contributed by atoms with E-state index in [9.17, 15) is 17.6 Å². The van der Waals surface area contributed by atoms with E-state index >= 15 is 0 Å². The van der Waals surface area contributed by atoms with Crippen LogP contribution in [0.25, 0.3) is 0 Å². The molecule has 0 aliphatic heterocycles. The lowest BCUT2D eigenvalue weighted by Gasteiger charge is -2.21. The van der Waals surface area contributed by atoms with E-state index in [1.807, 2.05) is 38.1 Å². The van der Waals surface area contributed by atoms with Crippen molar-refractivity contribution in [2.75, 3.05) is 5.32 Å². The van der Waals surface area contributed by atoms with E-state index in [1.165, 1.54) is 0 Å². The molecular formula is C18H16BrFN4O3S2. The standard InChI is InChI=1S/C18H16BrFN4O3S2/c1-18(2,10-3-5-11(19)6-4-10)16-23-24-17(28-16)22-15(25)13-9-12(29(21,26)27)7-8-14(13)20/h3-9H,1-2H3,(H2,21,26,27)(H,22,24,25). The zero-order valence-corrected chi connectivity index (χ0v) is 18.5. The van der Waals surface area contributed by atoms with Gasteiger partial charge in [-0.15, -0.1) is 10.2 Å². The predicted octanol–water partition coefficient (Wildman–Crippen LogP) is 3.67. The molecule has 0 saturated carbocycles. The van der Waals surface area contributed by atoms with Crippen molar-refractivity contribution in [3.8, 4) is 0 Å². The normalized spacial score (nSPS) is 12.0. The van der Waals surface area contributed by atoms with Crippen LogP contribution in [0.2, 0.25) is 0 Å². The van der Waals surface area contributed by atoms with Crippen molar-refractivity contribution in [3.05, 3.63) is 68.9 Å². The number of primary sulfonamides is 1. The number of halogens is 2. The van der Waals surface area contributed by atoms with Crippen LogP contribution in [0.1, 0.15) is 34.8 Å². The molecule has 7 nitrogen and oxygen atoms in total. The van der Waals surface area contributed by atoms with Gasteiger partial charge in [-0.3, -0.25) is 10.1 Å². The largest absolute Gasteiger partial charge is 0.296 e. The summed E-state index contributed by atoms with van der Waals surface area (Å²) < 4.78 is 37.9. The zero-order valence-electron chi connectivity index (χ0n) is 15.3. The average molecular weight is 499 g/mol. The van der Waals surface area contributed by atoms with E-state index in [1.54, 1.807) is 0 Å². The molecule has 0 unspecified atom stereocenters. The van der Waals surface area contributed by atoms with Crippen LogP contribution in [-0.2, 0) is 15.4 Å². The Balaban J connectivity index is 1.85. The van der Waals surface area contributed by atoms with Crippen molar-refractivity contribution < 1.29 is 17.6 Å². The summed E-state index contributed by atoms with van der Waals surface area (Å²) >= 11 is 4.54. The van der Waals surface area contributed by atoms with Gasteiger partial charge in [0.25, 0.3) is 5.91 Å². The number of nitrogens with two attached hydrogens (primary N) is 1. The topological polar surface area (TPSA) is 115 Å². The minimum absolute atomic E-state index is 0.163. The number of aromatic nitrogens is 2. The molecular weight excluding hydrogens is 483 g/mol. The number of nitrogens with one attached hydrogen (secondary N) is 1. The fourth-order valence-corrected chi connectivity index (χ4v) is 4.20. The van der Waals surface area contributed by atoms with Gasteiger partial charge >= 0.3 is 0 Å². The number of rotatable bonds is 5. The highest BCUT2D eigenvalue weighted by atomic mass is 79.9. The summed E-state index contributed by atoms with van der Waals surface area (Å²) in [5.74, 6) is -1.73. The first-order valence-corrected chi connectivity index (χ1v) is 11.4. The fraction of sp³-hybridized carbons (Fsp3) is 0.167. The summed E-state index contributed by atoms with van der Waals surface area (Å²) in [6, 6.07) is 10.5. The minimum Gasteiger partial charge on any atom is -0.296 e. The van der Waals surface area contributed by atoms with Crippen molar-refractivity contribution in [2.24, 2.45) is 5.14 Å². The third-order valence-electron chi connectivity index (χ3n) is 4.26. The quantitative estimate of drug-likeness (QED) is 0.556. The molecule has 152 valence electrons. The van der Waals surface area contributed by atoms with Crippen LogP contribution in [-0.4, -0.2) is 24.5 Å². The monoisotopic (exact) mass is 498 g/mol. The number of nitrogens with zero attached hydrogens (tertiary/aromatic N) is 2. The molecule has 29 heavy (non-hydrogen) atoms.